The fraction of sp³-hybridized carbons (Fsp3) is 0.364. The van der Waals surface area contributed by atoms with Crippen molar-refractivity contribution in [3.8, 4) is 0 Å². The standard InChI is InChI=1S/C44H49N5O15S3/c1-29-32(42(53)48(30-14-8-6-9-15-30)63-28-39(52)64-49-37(50)20-21-38(49)51)27-46(22-12-24-65(54,55)56)41-40(29)44(4,5)35(45-41)16-10-7-11-17-36-43(2,3)33-26-31(67(60,61)62)18-19-34(33)47(36)23-13-25-66(57,58)59/h6-11,14-19,26-27H,12-13,20-25,28H2,1-5H3,(H2-,54,55,56,57,58,59,60,61,62). The largest absolute Gasteiger partial charge is 0.748 e. The first-order valence-electron chi connectivity index (χ1n) is 20.8. The van der Waals surface area contributed by atoms with Crippen LogP contribution in [-0.4, -0.2) is 98.0 Å². The molecule has 1 fully saturated rings. The Morgan fingerprint density at radius 2 is 1.58 bits per heavy atom. The lowest BCUT2D eigenvalue weighted by Crippen LogP contribution is -2.41. The van der Waals surface area contributed by atoms with Gasteiger partial charge in [-0.15, -0.1) is 5.06 Å². The van der Waals surface area contributed by atoms with Gasteiger partial charge in [0.05, 0.1) is 49.5 Å². The molecule has 0 radical (unpaired) electrons. The first-order valence-corrected chi connectivity index (χ1v) is 25.4. The number of allylic oxidation sites excluding steroid dienone is 6. The highest BCUT2D eigenvalue weighted by Gasteiger charge is 2.46. The number of carbonyl (C=O) groups is 4. The molecule has 6 rings (SSSR count). The lowest BCUT2D eigenvalue weighted by molar-refractivity contribution is -0.684. The first-order chi connectivity index (χ1) is 31.2. The van der Waals surface area contributed by atoms with Crippen molar-refractivity contribution in [1.29, 1.82) is 0 Å². The third kappa shape index (κ3) is 11.4. The van der Waals surface area contributed by atoms with Gasteiger partial charge in [-0.25, -0.2) is 17.8 Å². The normalized spacial score (nSPS) is 17.4. The second-order valence-corrected chi connectivity index (χ2v) is 21.4. The average Bonchev–Trinajstić information content (AvgIpc) is 3.77. The van der Waals surface area contributed by atoms with Gasteiger partial charge in [-0.1, -0.05) is 50.3 Å². The Hall–Kier alpha value is -5.95. The minimum Gasteiger partial charge on any atom is -0.748 e. The molecule has 0 atom stereocenters. The van der Waals surface area contributed by atoms with E-state index in [1.807, 2.05) is 32.6 Å². The lowest BCUT2D eigenvalue weighted by atomic mass is 9.79. The summed E-state index contributed by atoms with van der Waals surface area (Å²) >= 11 is 0. The van der Waals surface area contributed by atoms with Crippen molar-refractivity contribution in [2.45, 2.75) is 82.6 Å². The minimum atomic E-state index is -4.60. The Bertz CT molecular complexity index is 2970. The van der Waals surface area contributed by atoms with Crippen LogP contribution in [0.15, 0.2) is 101 Å². The van der Waals surface area contributed by atoms with Crippen molar-refractivity contribution in [3.63, 3.8) is 0 Å². The van der Waals surface area contributed by atoms with E-state index in [2.05, 4.69) is 0 Å². The maximum absolute atomic E-state index is 14.6. The van der Waals surface area contributed by atoms with Crippen LogP contribution >= 0.6 is 0 Å². The van der Waals surface area contributed by atoms with E-state index in [0.29, 0.717) is 44.7 Å². The van der Waals surface area contributed by atoms with E-state index in [9.17, 15) is 58.1 Å². The molecule has 2 aromatic carbocycles. The summed E-state index contributed by atoms with van der Waals surface area (Å²) in [7, 11) is -13.4. The third-order valence-electron chi connectivity index (χ3n) is 11.4. The molecule has 20 nitrogen and oxygen atoms in total. The van der Waals surface area contributed by atoms with E-state index in [0.717, 1.165) is 5.06 Å². The Kier molecular flexibility index (Phi) is 14.6. The summed E-state index contributed by atoms with van der Waals surface area (Å²) in [5, 5.41) is 1.21. The number of amides is 3. The smallest absolute Gasteiger partial charge is 0.361 e. The fourth-order valence-corrected chi connectivity index (χ4v) is 9.68. The number of hydroxylamine groups is 3. The van der Waals surface area contributed by atoms with Crippen LogP contribution < -0.4 is 14.5 Å². The molecule has 0 aliphatic carbocycles. The zero-order valence-electron chi connectivity index (χ0n) is 37.1. The molecular weight excluding hydrogens is 935 g/mol. The van der Waals surface area contributed by atoms with Gasteiger partial charge in [-0.05, 0) is 92.2 Å². The second-order valence-electron chi connectivity index (χ2n) is 16.9. The Balaban J connectivity index is 1.31. The molecule has 0 spiro atoms. The number of carbonyl (C=O) groups excluding carboxylic acids is 4. The van der Waals surface area contributed by atoms with Crippen molar-refractivity contribution in [2.24, 2.45) is 4.99 Å². The number of fused-ring (bicyclic) bond motifs is 2. The molecule has 67 heavy (non-hydrogen) atoms. The van der Waals surface area contributed by atoms with Crippen molar-refractivity contribution in [3.05, 3.63) is 113 Å². The number of aliphatic imine (C=N–C) groups is 1. The predicted octanol–water partition coefficient (Wildman–Crippen LogP) is 4.09. The van der Waals surface area contributed by atoms with Gasteiger partial charge in [-0.3, -0.25) is 28.3 Å². The Labute approximate surface area is 388 Å². The van der Waals surface area contributed by atoms with Crippen LogP contribution in [0.1, 0.15) is 80.4 Å². The molecule has 4 heterocycles. The summed E-state index contributed by atoms with van der Waals surface area (Å²) in [6, 6.07) is 12.2. The number of aromatic nitrogens is 1. The van der Waals surface area contributed by atoms with E-state index in [-0.39, 0.29) is 54.9 Å². The van der Waals surface area contributed by atoms with E-state index in [1.165, 1.54) is 24.4 Å². The number of rotatable bonds is 18. The maximum atomic E-state index is 14.6. The predicted molar refractivity (Wildman–Crippen MR) is 241 cm³/mol. The fourth-order valence-electron chi connectivity index (χ4n) is 8.20. The van der Waals surface area contributed by atoms with Crippen LogP contribution in [0, 0.1) is 6.92 Å². The Morgan fingerprint density at radius 3 is 2.21 bits per heavy atom. The van der Waals surface area contributed by atoms with Crippen molar-refractivity contribution in [1.82, 2.24) is 5.06 Å². The van der Waals surface area contributed by atoms with E-state index < -0.39 is 83.0 Å². The van der Waals surface area contributed by atoms with Crippen molar-refractivity contribution in [2.75, 3.05) is 34.6 Å². The minimum absolute atomic E-state index is 0.0431. The average molecular weight is 984 g/mol. The lowest BCUT2D eigenvalue weighted by Gasteiger charge is -2.27. The number of hydrogen-bond donors (Lipinski definition) is 2. The second kappa shape index (κ2) is 19.3. The van der Waals surface area contributed by atoms with Gasteiger partial charge in [0.15, 0.2) is 12.3 Å². The zero-order chi connectivity index (χ0) is 49.3. The number of pyridine rings is 1. The van der Waals surface area contributed by atoms with Crippen LogP contribution in [-0.2, 0) is 71.8 Å². The highest BCUT2D eigenvalue weighted by molar-refractivity contribution is 7.86. The van der Waals surface area contributed by atoms with Crippen LogP contribution in [0.4, 0.5) is 17.2 Å². The van der Waals surface area contributed by atoms with Crippen LogP contribution in [0.25, 0.3) is 0 Å². The zero-order valence-corrected chi connectivity index (χ0v) is 39.6. The van der Waals surface area contributed by atoms with E-state index in [1.54, 1.807) is 72.2 Å². The highest BCUT2D eigenvalue weighted by atomic mass is 32.2. The molecule has 1 saturated heterocycles. The van der Waals surface area contributed by atoms with Crippen LogP contribution in [0.5, 0.6) is 0 Å². The first kappa shape index (κ1) is 50.5. The summed E-state index contributed by atoms with van der Waals surface area (Å²) in [5.41, 5.74) is 1.93. The molecule has 0 saturated carbocycles. The van der Waals surface area contributed by atoms with Crippen LogP contribution in [0.2, 0.25) is 0 Å². The number of aryl methyl sites for hydroxylation is 1. The topological polar surface area (TPSA) is 279 Å². The SMILES string of the molecule is Cc1c(C(=O)N(OCC(=O)ON2C(=O)CCC2=O)c2ccccc2)c[n+](CCCS(=O)(=O)[O-])c2c1C(C)(C)C(/C=C/C=C/C=C1/N(CCCS(=O)(=O)O)c3ccc(S(=O)(=O)O)cc3C1(C)C)=N2. The summed E-state index contributed by atoms with van der Waals surface area (Å²) in [6.45, 7) is 8.33. The maximum Gasteiger partial charge on any atom is 0.361 e. The van der Waals surface area contributed by atoms with Gasteiger partial charge in [0.2, 0.25) is 0 Å². The van der Waals surface area contributed by atoms with Crippen molar-refractivity contribution < 1.29 is 72.3 Å². The monoisotopic (exact) mass is 983 g/mol. The molecule has 0 unspecified atom stereocenters. The van der Waals surface area contributed by atoms with Gasteiger partial charge in [0.25, 0.3) is 38.0 Å². The Morgan fingerprint density at radius 1 is 0.910 bits per heavy atom. The molecule has 2 N–H and O–H groups in total. The summed E-state index contributed by atoms with van der Waals surface area (Å²) in [5.74, 6) is -4.12. The number of anilines is 2. The number of nitrogens with zero attached hydrogens (tertiary/aromatic N) is 5. The molecule has 3 aromatic rings. The number of hydrogen-bond acceptors (Lipinski definition) is 15. The molecular formula is C44H49N5O15S3. The van der Waals surface area contributed by atoms with E-state index in [4.69, 9.17) is 14.7 Å². The molecule has 23 heteroatoms. The molecule has 3 aliphatic heterocycles. The molecule has 3 amide bonds. The quantitative estimate of drug-likeness (QED) is 0.0597. The molecule has 1 aromatic heterocycles. The third-order valence-corrected chi connectivity index (χ3v) is 13.9. The summed E-state index contributed by atoms with van der Waals surface area (Å²) < 4.78 is 103. The number of imide groups is 1. The van der Waals surface area contributed by atoms with Gasteiger partial charge in [0, 0.05) is 41.9 Å². The number of benzene rings is 2. The molecule has 358 valence electrons. The van der Waals surface area contributed by atoms with Crippen molar-refractivity contribution >= 4 is 76.9 Å². The van der Waals surface area contributed by atoms with Gasteiger partial charge in [-0.2, -0.15) is 21.9 Å². The summed E-state index contributed by atoms with van der Waals surface area (Å²) in [6.07, 6.45) is 9.76. The highest BCUT2D eigenvalue weighted by Crippen LogP contribution is 2.48. The van der Waals surface area contributed by atoms with E-state index >= 15 is 0 Å². The van der Waals surface area contributed by atoms with Gasteiger partial charge in [0.1, 0.15) is 6.20 Å². The van der Waals surface area contributed by atoms with Crippen LogP contribution in [0.3, 0.4) is 0 Å². The molecule has 0 bridgehead atoms. The summed E-state index contributed by atoms with van der Waals surface area (Å²) in [4.78, 5) is 68.5. The molecule has 3 aliphatic rings. The van der Waals surface area contributed by atoms with Gasteiger partial charge >= 0.3 is 11.8 Å². The van der Waals surface area contributed by atoms with Gasteiger partial charge < -0.3 is 14.3 Å². The number of para-hydroxylation sites is 1.